The van der Waals surface area contributed by atoms with Gasteiger partial charge in [-0.05, 0) is 43.5 Å². The molecule has 1 atom stereocenters. The fraction of sp³-hybridized carbons (Fsp3) is 0.571. The smallest absolute Gasteiger partial charge is 0.123 e. The van der Waals surface area contributed by atoms with Gasteiger partial charge in [0.15, 0.2) is 0 Å². The van der Waals surface area contributed by atoms with Crippen molar-refractivity contribution in [1.82, 2.24) is 5.32 Å². The highest BCUT2D eigenvalue weighted by Crippen LogP contribution is 2.23. The standard InChI is InChI=1S/C14H20BrNO2/c1-17-14-3-2-13(15)8-12(14)9-16-6-4-11-5-7-18-10-11/h2-3,8,11,16H,4-7,9-10H2,1H3. The summed E-state index contributed by atoms with van der Waals surface area (Å²) in [5, 5.41) is 3.47. The molecule has 100 valence electrons. The molecule has 0 bridgehead atoms. The molecule has 18 heavy (non-hydrogen) atoms. The third-order valence-electron chi connectivity index (χ3n) is 3.31. The van der Waals surface area contributed by atoms with E-state index in [0.717, 1.165) is 42.4 Å². The van der Waals surface area contributed by atoms with Gasteiger partial charge in [-0.15, -0.1) is 0 Å². The molecule has 0 aromatic heterocycles. The lowest BCUT2D eigenvalue weighted by Crippen LogP contribution is -2.18. The number of hydrogen-bond donors (Lipinski definition) is 1. The van der Waals surface area contributed by atoms with Gasteiger partial charge < -0.3 is 14.8 Å². The Kier molecular flexibility index (Phi) is 5.47. The molecule has 1 aliphatic heterocycles. The van der Waals surface area contributed by atoms with Crippen LogP contribution < -0.4 is 10.1 Å². The van der Waals surface area contributed by atoms with E-state index in [0.29, 0.717) is 0 Å². The zero-order valence-corrected chi connectivity index (χ0v) is 12.3. The normalized spacial score (nSPS) is 19.1. The molecule has 1 heterocycles. The van der Waals surface area contributed by atoms with Crippen LogP contribution in [0.2, 0.25) is 0 Å². The maximum absolute atomic E-state index is 5.37. The Hall–Kier alpha value is -0.580. The molecular formula is C14H20BrNO2. The minimum atomic E-state index is 0.738. The molecule has 0 radical (unpaired) electrons. The predicted molar refractivity (Wildman–Crippen MR) is 75.9 cm³/mol. The van der Waals surface area contributed by atoms with Crippen LogP contribution in [-0.4, -0.2) is 26.9 Å². The van der Waals surface area contributed by atoms with Crippen LogP contribution in [0.5, 0.6) is 5.75 Å². The summed E-state index contributed by atoms with van der Waals surface area (Å²) in [6, 6.07) is 6.09. The van der Waals surface area contributed by atoms with Gasteiger partial charge in [-0.3, -0.25) is 0 Å². The van der Waals surface area contributed by atoms with Crippen LogP contribution >= 0.6 is 15.9 Å². The summed E-state index contributed by atoms with van der Waals surface area (Å²) in [5.41, 5.74) is 1.19. The van der Waals surface area contributed by atoms with Crippen molar-refractivity contribution in [1.29, 1.82) is 0 Å². The van der Waals surface area contributed by atoms with E-state index < -0.39 is 0 Å². The Balaban J connectivity index is 1.76. The van der Waals surface area contributed by atoms with E-state index in [-0.39, 0.29) is 0 Å². The van der Waals surface area contributed by atoms with Gasteiger partial charge in [0.25, 0.3) is 0 Å². The fourth-order valence-corrected chi connectivity index (χ4v) is 2.63. The first-order valence-electron chi connectivity index (χ1n) is 6.40. The molecule has 1 aliphatic rings. The average molecular weight is 314 g/mol. The second-order valence-electron chi connectivity index (χ2n) is 4.65. The van der Waals surface area contributed by atoms with Crippen molar-refractivity contribution in [3.63, 3.8) is 0 Å². The molecule has 1 aromatic carbocycles. The van der Waals surface area contributed by atoms with Gasteiger partial charge in [0.05, 0.1) is 7.11 Å². The van der Waals surface area contributed by atoms with E-state index in [1.54, 1.807) is 7.11 Å². The van der Waals surface area contributed by atoms with Gasteiger partial charge in [-0.2, -0.15) is 0 Å². The van der Waals surface area contributed by atoms with Crippen molar-refractivity contribution >= 4 is 15.9 Å². The van der Waals surface area contributed by atoms with Crippen LogP contribution in [0.15, 0.2) is 22.7 Å². The van der Waals surface area contributed by atoms with Crippen molar-refractivity contribution in [2.24, 2.45) is 5.92 Å². The zero-order valence-electron chi connectivity index (χ0n) is 10.7. The summed E-state index contributed by atoms with van der Waals surface area (Å²) in [4.78, 5) is 0. The van der Waals surface area contributed by atoms with Crippen LogP contribution in [-0.2, 0) is 11.3 Å². The maximum Gasteiger partial charge on any atom is 0.123 e. The summed E-state index contributed by atoms with van der Waals surface area (Å²) in [5.74, 6) is 1.68. The molecule has 0 amide bonds. The van der Waals surface area contributed by atoms with Gasteiger partial charge in [-0.25, -0.2) is 0 Å². The number of rotatable bonds is 6. The summed E-state index contributed by atoms with van der Waals surface area (Å²) in [6.07, 6.45) is 2.40. The predicted octanol–water partition coefficient (Wildman–Crippen LogP) is 2.97. The zero-order chi connectivity index (χ0) is 12.8. The first-order chi connectivity index (χ1) is 8.79. The quantitative estimate of drug-likeness (QED) is 0.819. The van der Waals surface area contributed by atoms with E-state index in [2.05, 4.69) is 27.3 Å². The van der Waals surface area contributed by atoms with Gasteiger partial charge in [0.2, 0.25) is 0 Å². The van der Waals surface area contributed by atoms with E-state index in [1.807, 2.05) is 12.1 Å². The number of ether oxygens (including phenoxy) is 2. The largest absolute Gasteiger partial charge is 0.496 e. The van der Waals surface area contributed by atoms with Crippen LogP contribution in [0.1, 0.15) is 18.4 Å². The molecule has 1 unspecified atom stereocenters. The van der Waals surface area contributed by atoms with Crippen molar-refractivity contribution in [3.05, 3.63) is 28.2 Å². The lowest BCUT2D eigenvalue weighted by Gasteiger charge is -2.11. The average Bonchev–Trinajstić information content (AvgIpc) is 2.88. The molecule has 1 saturated heterocycles. The topological polar surface area (TPSA) is 30.5 Å². The molecule has 1 aromatic rings. The Morgan fingerprint density at radius 1 is 1.50 bits per heavy atom. The van der Waals surface area contributed by atoms with Crippen LogP contribution in [0.3, 0.4) is 0 Å². The minimum Gasteiger partial charge on any atom is -0.496 e. The third kappa shape index (κ3) is 3.97. The molecule has 1 N–H and O–H groups in total. The molecule has 4 heteroatoms. The monoisotopic (exact) mass is 313 g/mol. The molecule has 2 rings (SSSR count). The summed E-state index contributed by atoms with van der Waals surface area (Å²) < 4.78 is 11.8. The van der Waals surface area contributed by atoms with Gasteiger partial charge in [-0.1, -0.05) is 15.9 Å². The molecule has 3 nitrogen and oxygen atoms in total. The first-order valence-corrected chi connectivity index (χ1v) is 7.20. The Morgan fingerprint density at radius 2 is 2.39 bits per heavy atom. The third-order valence-corrected chi connectivity index (χ3v) is 3.80. The van der Waals surface area contributed by atoms with Gasteiger partial charge in [0.1, 0.15) is 5.75 Å². The number of halogens is 1. The number of hydrogen-bond acceptors (Lipinski definition) is 3. The van der Waals surface area contributed by atoms with E-state index in [1.165, 1.54) is 18.4 Å². The second kappa shape index (κ2) is 7.12. The Morgan fingerprint density at radius 3 is 3.11 bits per heavy atom. The van der Waals surface area contributed by atoms with Crippen LogP contribution in [0, 0.1) is 5.92 Å². The van der Waals surface area contributed by atoms with Crippen LogP contribution in [0.25, 0.3) is 0 Å². The van der Waals surface area contributed by atoms with Crippen LogP contribution in [0.4, 0.5) is 0 Å². The number of nitrogens with one attached hydrogen (secondary N) is 1. The highest BCUT2D eigenvalue weighted by molar-refractivity contribution is 9.10. The van der Waals surface area contributed by atoms with Gasteiger partial charge in [0, 0.05) is 29.8 Å². The van der Waals surface area contributed by atoms with Crippen molar-refractivity contribution in [2.45, 2.75) is 19.4 Å². The maximum atomic E-state index is 5.37. The van der Waals surface area contributed by atoms with Crippen molar-refractivity contribution in [3.8, 4) is 5.75 Å². The highest BCUT2D eigenvalue weighted by Gasteiger charge is 2.14. The number of benzene rings is 1. The summed E-state index contributed by atoms with van der Waals surface area (Å²) in [7, 11) is 1.71. The lowest BCUT2D eigenvalue weighted by molar-refractivity contribution is 0.184. The highest BCUT2D eigenvalue weighted by atomic mass is 79.9. The molecule has 1 fully saturated rings. The molecule has 0 saturated carbocycles. The second-order valence-corrected chi connectivity index (χ2v) is 5.57. The van der Waals surface area contributed by atoms with E-state index in [9.17, 15) is 0 Å². The lowest BCUT2D eigenvalue weighted by atomic mass is 10.1. The summed E-state index contributed by atoms with van der Waals surface area (Å²) >= 11 is 3.49. The first kappa shape index (κ1) is 13.8. The Labute approximate surface area is 117 Å². The fourth-order valence-electron chi connectivity index (χ4n) is 2.23. The molecule has 0 aliphatic carbocycles. The van der Waals surface area contributed by atoms with Gasteiger partial charge >= 0.3 is 0 Å². The summed E-state index contributed by atoms with van der Waals surface area (Å²) in [6.45, 7) is 3.74. The SMILES string of the molecule is COc1ccc(Br)cc1CNCCC1CCOC1. The van der Waals surface area contributed by atoms with E-state index >= 15 is 0 Å². The molecule has 0 spiro atoms. The minimum absolute atomic E-state index is 0.738. The molecular weight excluding hydrogens is 294 g/mol. The van der Waals surface area contributed by atoms with Crippen molar-refractivity contribution in [2.75, 3.05) is 26.9 Å². The number of methoxy groups -OCH3 is 1. The Bertz CT molecular complexity index is 378. The van der Waals surface area contributed by atoms with E-state index in [4.69, 9.17) is 9.47 Å². The van der Waals surface area contributed by atoms with Crippen molar-refractivity contribution < 1.29 is 9.47 Å².